The summed E-state index contributed by atoms with van der Waals surface area (Å²) in [4.78, 5) is 0. The van der Waals surface area contributed by atoms with Crippen LogP contribution >= 0.6 is 23.4 Å². The van der Waals surface area contributed by atoms with Crippen LogP contribution in [0.3, 0.4) is 0 Å². The number of rotatable bonds is 6. The van der Waals surface area contributed by atoms with Crippen LogP contribution in [0.1, 0.15) is 5.56 Å². The van der Waals surface area contributed by atoms with Crippen molar-refractivity contribution in [3.8, 4) is 0 Å². The Bertz CT molecular complexity index is 326. The Kier molecular flexibility index (Phi) is 6.16. The number of nitrogens with one attached hydrogen (secondary N) is 1. The second kappa shape index (κ2) is 7.13. The van der Waals surface area contributed by atoms with Crippen molar-refractivity contribution in [3.63, 3.8) is 0 Å². The van der Waals surface area contributed by atoms with Gasteiger partial charge < -0.3 is 5.32 Å². The third kappa shape index (κ3) is 7.52. The molecule has 0 spiro atoms. The molecule has 0 saturated heterocycles. The molecule has 1 nitrogen and oxygen atoms in total. The van der Waals surface area contributed by atoms with Gasteiger partial charge in [0.15, 0.2) is 0 Å². The third-order valence-electron chi connectivity index (χ3n) is 2.05. The topological polar surface area (TPSA) is 12.0 Å². The zero-order valence-corrected chi connectivity index (χ0v) is 10.6. The molecule has 0 unspecified atom stereocenters. The van der Waals surface area contributed by atoms with Crippen molar-refractivity contribution < 1.29 is 13.2 Å². The zero-order chi connectivity index (χ0) is 12.7. The van der Waals surface area contributed by atoms with Crippen LogP contribution in [0.2, 0.25) is 5.02 Å². The predicted molar refractivity (Wildman–Crippen MR) is 66.5 cm³/mol. The van der Waals surface area contributed by atoms with Gasteiger partial charge in [-0.1, -0.05) is 23.7 Å². The molecule has 0 atom stereocenters. The minimum Gasteiger partial charge on any atom is -0.316 e. The summed E-state index contributed by atoms with van der Waals surface area (Å²) in [6.07, 6.45) is 0.786. The molecule has 17 heavy (non-hydrogen) atoms. The zero-order valence-electron chi connectivity index (χ0n) is 9.06. The minimum absolute atomic E-state index is 0.00183. The van der Waals surface area contributed by atoms with E-state index in [1.165, 1.54) is 0 Å². The summed E-state index contributed by atoms with van der Waals surface area (Å²) in [5, 5.41) is 3.65. The monoisotopic (exact) mass is 283 g/mol. The van der Waals surface area contributed by atoms with Crippen molar-refractivity contribution in [2.45, 2.75) is 11.9 Å². The van der Waals surface area contributed by atoms with Crippen molar-refractivity contribution in [2.24, 2.45) is 0 Å². The van der Waals surface area contributed by atoms with Gasteiger partial charge in [0.25, 0.3) is 0 Å². The van der Waals surface area contributed by atoms with Gasteiger partial charge in [0.1, 0.15) is 0 Å². The first-order chi connectivity index (χ1) is 7.97. The number of halogens is 4. The summed E-state index contributed by atoms with van der Waals surface area (Å²) in [7, 11) is 0. The van der Waals surface area contributed by atoms with Crippen molar-refractivity contribution in [3.05, 3.63) is 34.9 Å². The van der Waals surface area contributed by atoms with E-state index in [9.17, 15) is 13.2 Å². The average Bonchev–Trinajstić information content (AvgIpc) is 2.24. The summed E-state index contributed by atoms with van der Waals surface area (Å²) >= 11 is 5.73. The quantitative estimate of drug-likeness (QED) is 0.799. The van der Waals surface area contributed by atoms with Gasteiger partial charge in [-0.25, -0.2) is 0 Å². The molecule has 1 aromatic carbocycles. The molecular formula is C11H13ClF3NS. The molecule has 96 valence electrons. The van der Waals surface area contributed by atoms with Gasteiger partial charge in [-0.05, 0) is 42.4 Å². The molecule has 0 saturated carbocycles. The van der Waals surface area contributed by atoms with Gasteiger partial charge in [0.05, 0.1) is 0 Å². The molecule has 1 rings (SSSR count). The van der Waals surface area contributed by atoms with Crippen molar-refractivity contribution in [1.29, 1.82) is 0 Å². The van der Waals surface area contributed by atoms with Gasteiger partial charge in [-0.2, -0.15) is 13.2 Å². The SMILES string of the molecule is FC(F)(F)SCCNCCc1ccc(Cl)cc1. The second-order valence-electron chi connectivity index (χ2n) is 3.42. The van der Waals surface area contributed by atoms with E-state index < -0.39 is 5.51 Å². The highest BCUT2D eigenvalue weighted by Gasteiger charge is 2.27. The smallest absolute Gasteiger partial charge is 0.316 e. The van der Waals surface area contributed by atoms with E-state index in [-0.39, 0.29) is 17.5 Å². The van der Waals surface area contributed by atoms with Crippen molar-refractivity contribution >= 4 is 23.4 Å². The molecule has 1 aromatic rings. The highest BCUT2D eigenvalue weighted by Crippen LogP contribution is 2.29. The lowest BCUT2D eigenvalue weighted by Crippen LogP contribution is -2.21. The number of hydrogen-bond donors (Lipinski definition) is 1. The maximum absolute atomic E-state index is 11.8. The van der Waals surface area contributed by atoms with E-state index in [2.05, 4.69) is 5.32 Å². The Hall–Kier alpha value is -0.390. The maximum Gasteiger partial charge on any atom is 0.441 e. The molecule has 0 amide bonds. The number of hydrogen-bond acceptors (Lipinski definition) is 2. The molecule has 0 heterocycles. The highest BCUT2D eigenvalue weighted by atomic mass is 35.5. The van der Waals surface area contributed by atoms with E-state index in [0.717, 1.165) is 12.0 Å². The van der Waals surface area contributed by atoms with Crippen molar-refractivity contribution in [2.75, 3.05) is 18.8 Å². The standard InChI is InChI=1S/C11H13ClF3NS/c12-10-3-1-9(2-4-10)5-6-16-7-8-17-11(13,14)15/h1-4,16H,5-8H2. The van der Waals surface area contributed by atoms with E-state index in [0.29, 0.717) is 18.1 Å². The Balaban J connectivity index is 2.07. The second-order valence-corrected chi connectivity index (χ2v) is 5.02. The van der Waals surface area contributed by atoms with Crippen LogP contribution in [-0.4, -0.2) is 24.4 Å². The molecular weight excluding hydrogens is 271 g/mol. The molecule has 0 bridgehead atoms. The average molecular weight is 284 g/mol. The van der Waals surface area contributed by atoms with Gasteiger partial charge in [-0.15, -0.1) is 0 Å². The Morgan fingerprint density at radius 1 is 1.12 bits per heavy atom. The largest absolute Gasteiger partial charge is 0.441 e. The number of benzene rings is 1. The molecule has 0 aromatic heterocycles. The first-order valence-corrected chi connectivity index (χ1v) is 6.49. The molecule has 0 aliphatic rings. The summed E-state index contributed by atoms with van der Waals surface area (Å²) in [6.45, 7) is 1.03. The number of thioether (sulfide) groups is 1. The fourth-order valence-corrected chi connectivity index (χ4v) is 1.85. The first kappa shape index (κ1) is 14.7. The lowest BCUT2D eigenvalue weighted by atomic mass is 10.1. The van der Waals surface area contributed by atoms with Gasteiger partial charge in [0, 0.05) is 17.3 Å². The van der Waals surface area contributed by atoms with Gasteiger partial charge in [-0.3, -0.25) is 0 Å². The Morgan fingerprint density at radius 2 is 1.76 bits per heavy atom. The fraction of sp³-hybridized carbons (Fsp3) is 0.455. The van der Waals surface area contributed by atoms with Gasteiger partial charge in [0.2, 0.25) is 0 Å². The predicted octanol–water partition coefficient (Wildman–Crippen LogP) is 3.73. The normalized spacial score (nSPS) is 11.8. The highest BCUT2D eigenvalue weighted by molar-refractivity contribution is 8.00. The summed E-state index contributed by atoms with van der Waals surface area (Å²) in [5.41, 5.74) is -3.01. The minimum atomic E-state index is -4.13. The lowest BCUT2D eigenvalue weighted by molar-refractivity contribution is -0.0327. The fourth-order valence-electron chi connectivity index (χ4n) is 1.25. The van der Waals surface area contributed by atoms with Crippen LogP contribution in [0.25, 0.3) is 0 Å². The maximum atomic E-state index is 11.8. The molecule has 1 N–H and O–H groups in total. The van der Waals surface area contributed by atoms with Crippen LogP contribution in [0, 0.1) is 0 Å². The van der Waals surface area contributed by atoms with E-state index in [1.54, 1.807) is 12.1 Å². The van der Waals surface area contributed by atoms with E-state index in [4.69, 9.17) is 11.6 Å². The van der Waals surface area contributed by atoms with Gasteiger partial charge >= 0.3 is 5.51 Å². The van der Waals surface area contributed by atoms with Crippen LogP contribution in [0.5, 0.6) is 0 Å². The first-order valence-electron chi connectivity index (χ1n) is 5.13. The molecule has 0 aliphatic carbocycles. The van der Waals surface area contributed by atoms with Crippen LogP contribution < -0.4 is 5.32 Å². The molecule has 6 heteroatoms. The molecule has 0 fully saturated rings. The summed E-state index contributed by atoms with van der Waals surface area (Å²) < 4.78 is 35.4. The van der Waals surface area contributed by atoms with Crippen LogP contribution in [0.4, 0.5) is 13.2 Å². The van der Waals surface area contributed by atoms with Crippen LogP contribution in [0.15, 0.2) is 24.3 Å². The molecule has 0 radical (unpaired) electrons. The molecule has 0 aliphatic heterocycles. The van der Waals surface area contributed by atoms with Crippen LogP contribution in [-0.2, 0) is 6.42 Å². The van der Waals surface area contributed by atoms with E-state index in [1.807, 2.05) is 12.1 Å². The number of alkyl halides is 3. The van der Waals surface area contributed by atoms with E-state index >= 15 is 0 Å². The third-order valence-corrected chi connectivity index (χ3v) is 3.04. The summed E-state index contributed by atoms with van der Waals surface area (Å²) in [5.74, 6) is 0.0458. The lowest BCUT2D eigenvalue weighted by Gasteiger charge is -2.07. The van der Waals surface area contributed by atoms with Crippen molar-refractivity contribution in [1.82, 2.24) is 5.32 Å². The Labute approximate surface area is 108 Å². The summed E-state index contributed by atoms with van der Waals surface area (Å²) in [6, 6.07) is 7.43. The Morgan fingerprint density at radius 3 is 2.35 bits per heavy atom.